The summed E-state index contributed by atoms with van der Waals surface area (Å²) < 4.78 is 30.4. The van der Waals surface area contributed by atoms with Crippen LogP contribution in [-0.2, 0) is 27.9 Å². The van der Waals surface area contributed by atoms with Crippen LogP contribution in [0.1, 0.15) is 303 Å². The summed E-state index contributed by atoms with van der Waals surface area (Å²) in [6.07, 6.45) is 83.8. The van der Waals surface area contributed by atoms with Gasteiger partial charge in [0.05, 0.1) is 33.8 Å². The molecule has 3 unspecified atom stereocenters. The Bertz CT molecular complexity index is 1740. The predicted octanol–water partition coefficient (Wildman–Crippen LogP) is 21.3. The number of hydrogen-bond donors (Lipinski definition) is 1. The first kappa shape index (κ1) is 79.9. The minimum Gasteiger partial charge on any atom is -0.756 e. The van der Waals surface area contributed by atoms with Crippen molar-refractivity contribution in [2.75, 3.05) is 40.9 Å². The fourth-order valence-corrected chi connectivity index (χ4v) is 10.4. The van der Waals surface area contributed by atoms with Crippen LogP contribution in [0.5, 0.6) is 0 Å². The van der Waals surface area contributed by atoms with Crippen molar-refractivity contribution < 1.29 is 37.3 Å². The molecule has 0 fully saturated rings. The van der Waals surface area contributed by atoms with Gasteiger partial charge in [-0.15, -0.1) is 0 Å². The van der Waals surface area contributed by atoms with Gasteiger partial charge in [-0.05, 0) is 115 Å². The van der Waals surface area contributed by atoms with E-state index in [-0.39, 0.29) is 24.9 Å². The lowest BCUT2D eigenvalue weighted by Gasteiger charge is -2.30. The number of likely N-dealkylation sites (N-methyl/N-ethyl adjacent to an activating group) is 1. The SMILES string of the molecule is CCCCC/C=C\C/C=C\C/C=C\C/C=C\CCCCCCCCCC(=O)OC(/C=C/CCCCCCCCCCC)C(COP(=O)([O-])OCC[N+](C)(C)C)NC(=O)CCCCCCCCCCCC/C=C\C/C=C\C/C=C\CCCCC. The molecule has 0 aromatic carbocycles. The molecule has 0 heterocycles. The summed E-state index contributed by atoms with van der Waals surface area (Å²) in [6, 6.07) is -0.901. The Hall–Kier alpha value is -3.07. The van der Waals surface area contributed by atoms with Gasteiger partial charge in [-0.3, -0.25) is 14.2 Å². The average Bonchev–Trinajstić information content (AvgIpc) is 3.51. The molecule has 9 nitrogen and oxygen atoms in total. The van der Waals surface area contributed by atoms with Crippen molar-refractivity contribution >= 4 is 19.7 Å². The number of phosphoric ester groups is 1. The highest BCUT2D eigenvalue weighted by atomic mass is 31.2. The molecule has 0 saturated heterocycles. The summed E-state index contributed by atoms with van der Waals surface area (Å²) in [7, 11) is 1.17. The van der Waals surface area contributed by atoms with E-state index in [1.165, 1.54) is 154 Å². The van der Waals surface area contributed by atoms with Gasteiger partial charge >= 0.3 is 5.97 Å². The number of ether oxygens (including phenoxy) is 1. The normalized spacial score (nSPS) is 14.2. The highest BCUT2D eigenvalue weighted by Crippen LogP contribution is 2.38. The van der Waals surface area contributed by atoms with Crippen LogP contribution in [0.2, 0.25) is 0 Å². The fraction of sp³-hybridized carbons (Fsp3) is 0.753. The van der Waals surface area contributed by atoms with Gasteiger partial charge in [0.2, 0.25) is 5.91 Å². The van der Waals surface area contributed by atoms with Gasteiger partial charge in [-0.2, -0.15) is 0 Å². The molecule has 10 heteroatoms. The van der Waals surface area contributed by atoms with Crippen molar-refractivity contribution in [1.29, 1.82) is 0 Å². The molecule has 0 aromatic heterocycles. The maximum Gasteiger partial charge on any atom is 0.306 e. The quantitative estimate of drug-likeness (QED) is 0.0212. The topological polar surface area (TPSA) is 114 Å². The molecule has 0 saturated carbocycles. The Morgan fingerprint density at radius 2 is 0.735 bits per heavy atom. The molecule has 480 valence electrons. The minimum atomic E-state index is -4.71. The van der Waals surface area contributed by atoms with Crippen LogP contribution < -0.4 is 10.2 Å². The summed E-state index contributed by atoms with van der Waals surface area (Å²) >= 11 is 0. The second-order valence-corrected chi connectivity index (χ2v) is 25.7. The number of rotatable bonds is 62. The van der Waals surface area contributed by atoms with E-state index in [4.69, 9.17) is 13.8 Å². The van der Waals surface area contributed by atoms with Crippen LogP contribution in [0.4, 0.5) is 0 Å². The standard InChI is InChI=1S/C73H131N2O7P/c1-7-10-13-16-19-22-25-27-29-31-33-35-37-39-41-43-45-47-50-53-56-59-62-65-72(76)74-70(69-81-83(78,79)80-68-67-75(4,5)6)71(64-61-58-55-52-49-24-21-18-15-12-9-3)82-73(77)66-63-60-57-54-51-48-46-44-42-40-38-36-34-32-30-28-26-23-20-17-14-11-8-2/h19-20,22-23,27-30,33-36,40,42,61,64,70-71H,7-18,21,24-26,31-32,37-39,41,43-60,62-63,65-69H2,1-6H3,(H-,74,76,78,79)/b22-19-,23-20-,29-27-,30-28-,35-33-,36-34-,42-40-,64-61+. The molecule has 1 amide bonds. The lowest BCUT2D eigenvalue weighted by molar-refractivity contribution is -0.870. The Morgan fingerprint density at radius 3 is 1.12 bits per heavy atom. The number of quaternary nitrogens is 1. The molecule has 0 rings (SSSR count). The summed E-state index contributed by atoms with van der Waals surface area (Å²) in [5.41, 5.74) is 0. The first-order chi connectivity index (χ1) is 40.4. The van der Waals surface area contributed by atoms with Gasteiger partial charge < -0.3 is 28.5 Å². The smallest absolute Gasteiger partial charge is 0.306 e. The zero-order chi connectivity index (χ0) is 60.7. The van der Waals surface area contributed by atoms with E-state index >= 15 is 0 Å². The predicted molar refractivity (Wildman–Crippen MR) is 358 cm³/mol. The van der Waals surface area contributed by atoms with Gasteiger partial charge in [0.1, 0.15) is 19.3 Å². The second kappa shape index (κ2) is 62.0. The third-order valence-electron chi connectivity index (χ3n) is 15.0. The number of phosphoric acid groups is 1. The van der Waals surface area contributed by atoms with Crippen molar-refractivity contribution in [3.8, 4) is 0 Å². The number of amides is 1. The highest BCUT2D eigenvalue weighted by Gasteiger charge is 2.27. The number of esters is 1. The lowest BCUT2D eigenvalue weighted by Crippen LogP contribution is -2.47. The second-order valence-electron chi connectivity index (χ2n) is 24.3. The van der Waals surface area contributed by atoms with E-state index < -0.39 is 26.6 Å². The molecule has 1 N–H and O–H groups in total. The first-order valence-electron chi connectivity index (χ1n) is 34.5. The fourth-order valence-electron chi connectivity index (χ4n) is 9.63. The maximum atomic E-state index is 13.6. The van der Waals surface area contributed by atoms with Gasteiger partial charge in [0, 0.05) is 12.8 Å². The van der Waals surface area contributed by atoms with Crippen LogP contribution in [0.15, 0.2) is 97.2 Å². The zero-order valence-corrected chi connectivity index (χ0v) is 55.8. The van der Waals surface area contributed by atoms with Crippen LogP contribution in [0.25, 0.3) is 0 Å². The van der Waals surface area contributed by atoms with Crippen LogP contribution in [0.3, 0.4) is 0 Å². The molecule has 0 aliphatic rings. The third kappa shape index (κ3) is 63.3. The average molecular weight is 1180 g/mol. The van der Waals surface area contributed by atoms with E-state index in [1.54, 1.807) is 0 Å². The molecule has 0 aliphatic carbocycles. The third-order valence-corrected chi connectivity index (χ3v) is 16.0. The summed E-state index contributed by atoms with van der Waals surface area (Å²) in [6.45, 7) is 6.79. The Kier molecular flexibility index (Phi) is 59.7. The number of unbranched alkanes of at least 4 members (excludes halogenated alkanes) is 32. The van der Waals surface area contributed by atoms with Crippen molar-refractivity contribution in [1.82, 2.24) is 5.32 Å². The molecular weight excluding hydrogens is 1050 g/mol. The largest absolute Gasteiger partial charge is 0.756 e. The number of allylic oxidation sites excluding steroid dienone is 15. The van der Waals surface area contributed by atoms with E-state index in [0.29, 0.717) is 23.9 Å². The van der Waals surface area contributed by atoms with Gasteiger partial charge in [0.25, 0.3) is 7.82 Å². The molecular formula is C73H131N2O7P. The van der Waals surface area contributed by atoms with Gasteiger partial charge in [-0.25, -0.2) is 0 Å². The van der Waals surface area contributed by atoms with Crippen LogP contribution >= 0.6 is 7.82 Å². The number of nitrogens with zero attached hydrogens (tertiary/aromatic N) is 1. The number of carbonyl (C=O) groups excluding carboxylic acids is 2. The summed E-state index contributed by atoms with van der Waals surface area (Å²) in [4.78, 5) is 40.1. The van der Waals surface area contributed by atoms with E-state index in [9.17, 15) is 19.0 Å². The molecule has 3 atom stereocenters. The molecule has 83 heavy (non-hydrogen) atoms. The maximum absolute atomic E-state index is 13.6. The highest BCUT2D eigenvalue weighted by molar-refractivity contribution is 7.45. The van der Waals surface area contributed by atoms with Crippen molar-refractivity contribution in [2.45, 2.75) is 315 Å². The Balaban J connectivity index is 5.12. The zero-order valence-electron chi connectivity index (χ0n) is 54.9. The van der Waals surface area contributed by atoms with Crippen molar-refractivity contribution in [3.63, 3.8) is 0 Å². The van der Waals surface area contributed by atoms with Crippen LogP contribution in [-0.4, -0.2) is 69.4 Å². The molecule has 0 radical (unpaired) electrons. The Morgan fingerprint density at radius 1 is 0.422 bits per heavy atom. The van der Waals surface area contributed by atoms with Gasteiger partial charge in [-0.1, -0.05) is 272 Å². The number of nitrogens with one attached hydrogen (secondary N) is 1. The number of hydrogen-bond acceptors (Lipinski definition) is 7. The first-order valence-corrected chi connectivity index (χ1v) is 36.0. The Labute approximate surface area is 513 Å². The monoisotopic (exact) mass is 1180 g/mol. The molecule has 0 spiro atoms. The molecule has 0 aromatic rings. The summed E-state index contributed by atoms with van der Waals surface area (Å²) in [5, 5.41) is 3.03. The van der Waals surface area contributed by atoms with E-state index in [0.717, 1.165) is 109 Å². The van der Waals surface area contributed by atoms with E-state index in [1.807, 2.05) is 33.3 Å². The van der Waals surface area contributed by atoms with Crippen molar-refractivity contribution in [2.24, 2.45) is 0 Å². The van der Waals surface area contributed by atoms with Crippen molar-refractivity contribution in [3.05, 3.63) is 97.2 Å². The van der Waals surface area contributed by atoms with Crippen LogP contribution in [0, 0.1) is 0 Å². The summed E-state index contributed by atoms with van der Waals surface area (Å²) in [5.74, 6) is -0.557. The number of carbonyl (C=O) groups is 2. The molecule has 0 aliphatic heterocycles. The van der Waals surface area contributed by atoms with E-state index in [2.05, 4.69) is 111 Å². The van der Waals surface area contributed by atoms with Gasteiger partial charge in [0.15, 0.2) is 0 Å². The lowest BCUT2D eigenvalue weighted by atomic mass is 10.0. The molecule has 0 bridgehead atoms. The minimum absolute atomic E-state index is 0.0290.